The van der Waals surface area contributed by atoms with Gasteiger partial charge in [0, 0.05) is 24.5 Å². The van der Waals surface area contributed by atoms with Crippen LogP contribution in [-0.4, -0.2) is 44.7 Å². The van der Waals surface area contributed by atoms with Crippen LogP contribution in [0.3, 0.4) is 0 Å². The summed E-state index contributed by atoms with van der Waals surface area (Å²) >= 11 is 1.40. The van der Waals surface area contributed by atoms with Crippen molar-refractivity contribution in [3.8, 4) is 23.0 Å². The van der Waals surface area contributed by atoms with Crippen molar-refractivity contribution in [2.75, 3.05) is 50.1 Å². The van der Waals surface area contributed by atoms with Crippen molar-refractivity contribution in [2.45, 2.75) is 0 Å². The van der Waals surface area contributed by atoms with E-state index in [-0.39, 0.29) is 11.8 Å². The van der Waals surface area contributed by atoms with Crippen LogP contribution in [0.25, 0.3) is 0 Å². The van der Waals surface area contributed by atoms with E-state index >= 15 is 0 Å². The summed E-state index contributed by atoms with van der Waals surface area (Å²) < 4.78 is 38.9. The largest absolute Gasteiger partial charge is 0.497 e. The number of aromatic nitrogens is 2. The van der Waals surface area contributed by atoms with Crippen LogP contribution >= 0.6 is 11.9 Å². The molecule has 3 aromatic rings. The summed E-state index contributed by atoms with van der Waals surface area (Å²) in [6.07, 6.45) is 2.96. The van der Waals surface area contributed by atoms with E-state index in [1.54, 1.807) is 37.4 Å². The number of ether oxygens (including phenoxy) is 4. The number of anilines is 5. The highest BCUT2D eigenvalue weighted by molar-refractivity contribution is 7.99. The number of hydrogen-bond acceptors (Lipinski definition) is 10. The van der Waals surface area contributed by atoms with Crippen LogP contribution in [0.2, 0.25) is 0 Å². The van der Waals surface area contributed by atoms with Gasteiger partial charge < -0.3 is 34.3 Å². The first-order valence-electron chi connectivity index (χ1n) is 9.36. The van der Waals surface area contributed by atoms with E-state index in [0.717, 1.165) is 6.20 Å². The minimum Gasteiger partial charge on any atom is -0.497 e. The maximum absolute atomic E-state index is 14.5. The van der Waals surface area contributed by atoms with Gasteiger partial charge in [0.2, 0.25) is 5.95 Å². The molecule has 0 aliphatic rings. The molecule has 0 unspecified atom stereocenters. The molecule has 2 aromatic carbocycles. The molecule has 1 aromatic heterocycles. The van der Waals surface area contributed by atoms with Crippen molar-refractivity contribution in [1.82, 2.24) is 9.97 Å². The molecule has 0 bridgehead atoms. The van der Waals surface area contributed by atoms with Crippen LogP contribution in [0.15, 0.2) is 36.5 Å². The molecule has 0 radical (unpaired) electrons. The highest BCUT2D eigenvalue weighted by atomic mass is 32.2. The quantitative estimate of drug-likeness (QED) is 0.364. The fourth-order valence-electron chi connectivity index (χ4n) is 2.84. The van der Waals surface area contributed by atoms with Crippen molar-refractivity contribution >= 4 is 40.8 Å². The van der Waals surface area contributed by atoms with Crippen molar-refractivity contribution in [1.29, 1.82) is 0 Å². The minimum absolute atomic E-state index is 0.00346. The molecule has 170 valence electrons. The Hall–Kier alpha value is -3.60. The Kier molecular flexibility index (Phi) is 7.66. The summed E-state index contributed by atoms with van der Waals surface area (Å²) in [6.45, 7) is 0. The van der Waals surface area contributed by atoms with Gasteiger partial charge >= 0.3 is 0 Å². The summed E-state index contributed by atoms with van der Waals surface area (Å²) in [7, 11) is 6.16. The summed E-state index contributed by atoms with van der Waals surface area (Å²) in [4.78, 5) is 8.31. The van der Waals surface area contributed by atoms with Gasteiger partial charge in [-0.3, -0.25) is 0 Å². The van der Waals surface area contributed by atoms with E-state index < -0.39 is 5.82 Å². The first-order chi connectivity index (χ1) is 15.5. The molecule has 0 atom stereocenters. The summed E-state index contributed by atoms with van der Waals surface area (Å²) in [5, 5.41) is 6.03. The number of hydrogen-bond donors (Lipinski definition) is 3. The van der Waals surface area contributed by atoms with Gasteiger partial charge in [0.05, 0.1) is 51.7 Å². The Bertz CT molecular complexity index is 1090. The number of nitrogens with zero attached hydrogens (tertiary/aromatic N) is 2. The lowest BCUT2D eigenvalue weighted by Gasteiger charge is -2.16. The molecule has 0 spiro atoms. The molecule has 9 nitrogen and oxygen atoms in total. The number of benzene rings is 2. The second kappa shape index (κ2) is 10.6. The second-order valence-corrected chi connectivity index (χ2v) is 6.88. The summed E-state index contributed by atoms with van der Waals surface area (Å²) in [5.41, 5.74) is 1.86. The average Bonchev–Trinajstić information content (AvgIpc) is 2.82. The fraction of sp³-hybridized carbons (Fsp3) is 0.238. The van der Waals surface area contributed by atoms with Crippen molar-refractivity contribution in [3.05, 3.63) is 42.3 Å². The molecule has 0 aliphatic heterocycles. The van der Waals surface area contributed by atoms with E-state index in [4.69, 9.17) is 18.9 Å². The molecule has 3 N–H and O–H groups in total. The lowest BCUT2D eigenvalue weighted by Crippen LogP contribution is -2.05. The van der Waals surface area contributed by atoms with Crippen LogP contribution in [0.4, 0.5) is 33.2 Å². The molecule has 0 saturated carbocycles. The first kappa shape index (κ1) is 23.1. The molecule has 32 heavy (non-hydrogen) atoms. The van der Waals surface area contributed by atoms with Gasteiger partial charge in [-0.05, 0) is 12.1 Å². The Morgan fingerprint density at radius 2 is 1.53 bits per heavy atom. The summed E-state index contributed by atoms with van der Waals surface area (Å²) in [5.74, 6) is 1.68. The van der Waals surface area contributed by atoms with Gasteiger partial charge in [-0.1, -0.05) is 11.9 Å². The van der Waals surface area contributed by atoms with E-state index in [9.17, 15) is 4.39 Å². The number of methoxy groups -OCH3 is 4. The van der Waals surface area contributed by atoms with Crippen molar-refractivity contribution < 1.29 is 23.3 Å². The summed E-state index contributed by atoms with van der Waals surface area (Å²) in [6, 6.07) is 8.68. The van der Waals surface area contributed by atoms with Gasteiger partial charge in [-0.25, -0.2) is 9.37 Å². The van der Waals surface area contributed by atoms with Crippen LogP contribution in [0.1, 0.15) is 0 Å². The van der Waals surface area contributed by atoms with Crippen molar-refractivity contribution in [3.63, 3.8) is 0 Å². The second-order valence-electron chi connectivity index (χ2n) is 6.27. The van der Waals surface area contributed by atoms with Gasteiger partial charge in [0.25, 0.3) is 0 Å². The zero-order chi connectivity index (χ0) is 23.1. The van der Waals surface area contributed by atoms with Crippen molar-refractivity contribution in [2.24, 2.45) is 0 Å². The maximum Gasteiger partial charge on any atom is 0.229 e. The minimum atomic E-state index is -0.610. The van der Waals surface area contributed by atoms with E-state index in [1.165, 1.54) is 33.3 Å². The van der Waals surface area contributed by atoms with Crippen LogP contribution < -0.4 is 34.3 Å². The zero-order valence-electron chi connectivity index (χ0n) is 18.3. The van der Waals surface area contributed by atoms with Gasteiger partial charge in [-0.2, -0.15) is 4.98 Å². The Morgan fingerprint density at radius 3 is 2.19 bits per heavy atom. The first-order valence-corrected chi connectivity index (χ1v) is 10.6. The predicted octanol–water partition coefficient (Wildman–Crippen LogP) is 4.83. The Morgan fingerprint density at radius 1 is 0.812 bits per heavy atom. The smallest absolute Gasteiger partial charge is 0.229 e. The maximum atomic E-state index is 14.5. The zero-order valence-corrected chi connectivity index (χ0v) is 19.1. The predicted molar refractivity (Wildman–Crippen MR) is 125 cm³/mol. The molecule has 0 amide bonds. The third-order valence-corrected chi connectivity index (χ3v) is 4.81. The highest BCUT2D eigenvalue weighted by Crippen LogP contribution is 2.39. The molecule has 0 saturated heterocycles. The average molecular weight is 462 g/mol. The molecule has 0 fully saturated rings. The van der Waals surface area contributed by atoms with Crippen LogP contribution in [-0.2, 0) is 0 Å². The molecular weight excluding hydrogens is 437 g/mol. The number of nitrogens with one attached hydrogen (secondary N) is 3. The number of halogens is 1. The monoisotopic (exact) mass is 461 g/mol. The van der Waals surface area contributed by atoms with E-state index in [0.29, 0.717) is 40.1 Å². The van der Waals surface area contributed by atoms with Gasteiger partial charge in [0.15, 0.2) is 23.1 Å². The molecular formula is C21H24FN5O4S. The standard InChI is InChI=1S/C21H24FN5O4S/c1-28-12-6-7-14(15(8-12)27-32-5)24-20-13(22)11-23-21(26-20)25-16-9-18(30-3)19(31-4)10-17(16)29-2/h6-11,27H,1-5H3,(H2,23,24,25,26). The Labute approximate surface area is 189 Å². The van der Waals surface area contributed by atoms with E-state index in [1.807, 2.05) is 6.26 Å². The molecule has 0 aliphatic carbocycles. The molecule has 3 rings (SSSR count). The lowest BCUT2D eigenvalue weighted by molar-refractivity contribution is 0.349. The third kappa shape index (κ3) is 5.17. The normalized spacial score (nSPS) is 10.3. The van der Waals surface area contributed by atoms with Crippen LogP contribution in [0, 0.1) is 5.82 Å². The lowest BCUT2D eigenvalue weighted by atomic mass is 10.2. The topological polar surface area (TPSA) is 98.8 Å². The fourth-order valence-corrected chi connectivity index (χ4v) is 3.23. The van der Waals surface area contributed by atoms with E-state index in [2.05, 4.69) is 25.3 Å². The van der Waals surface area contributed by atoms with Gasteiger partial charge in [0.1, 0.15) is 11.5 Å². The highest BCUT2D eigenvalue weighted by Gasteiger charge is 2.15. The van der Waals surface area contributed by atoms with Gasteiger partial charge in [-0.15, -0.1) is 0 Å². The molecule has 11 heteroatoms. The Balaban J connectivity index is 1.92. The number of rotatable bonds is 10. The third-order valence-electron chi connectivity index (χ3n) is 4.39. The van der Waals surface area contributed by atoms with Crippen LogP contribution in [0.5, 0.6) is 23.0 Å². The molecule has 1 heterocycles. The SMILES string of the molecule is COc1ccc(Nc2nc(Nc3cc(OC)c(OC)cc3OC)ncc2F)c(NSC)c1.